The van der Waals surface area contributed by atoms with Gasteiger partial charge in [-0.1, -0.05) is 161 Å². The molecule has 0 radical (unpaired) electrons. The number of unbranched alkanes of at least 4 members (excludes halogenated alkanes) is 20. The first-order valence-electron chi connectivity index (χ1n) is 16.5. The minimum atomic E-state index is -1.01. The summed E-state index contributed by atoms with van der Waals surface area (Å²) < 4.78 is 0. The van der Waals surface area contributed by atoms with Crippen molar-refractivity contribution in [2.75, 3.05) is 6.61 Å². The molecule has 0 heterocycles. The monoisotopic (exact) mass is 539 g/mol. The van der Waals surface area contributed by atoms with Gasteiger partial charge in [0.1, 0.15) is 0 Å². The molecule has 5 heteroatoms. The van der Waals surface area contributed by atoms with Crippen molar-refractivity contribution in [3.8, 4) is 0 Å². The smallest absolute Gasteiger partial charge is 0.220 e. The van der Waals surface area contributed by atoms with E-state index in [1.165, 1.54) is 115 Å². The molecular weight excluding hydrogens is 474 g/mol. The Morgan fingerprint density at radius 1 is 0.605 bits per heavy atom. The van der Waals surface area contributed by atoms with Gasteiger partial charge in [0.2, 0.25) is 5.91 Å². The van der Waals surface area contributed by atoms with Gasteiger partial charge in [0.25, 0.3) is 0 Å². The highest BCUT2D eigenvalue weighted by Gasteiger charge is 2.18. The van der Waals surface area contributed by atoms with Gasteiger partial charge >= 0.3 is 0 Å². The van der Waals surface area contributed by atoms with Crippen LogP contribution in [0.4, 0.5) is 0 Å². The van der Waals surface area contributed by atoms with Gasteiger partial charge in [-0.15, -0.1) is 0 Å². The van der Waals surface area contributed by atoms with Gasteiger partial charge < -0.3 is 20.6 Å². The number of aliphatic hydroxyl groups is 3. The molecule has 5 nitrogen and oxygen atoms in total. The summed E-state index contributed by atoms with van der Waals surface area (Å²) in [5.41, 5.74) is 0. The van der Waals surface area contributed by atoms with Crippen LogP contribution in [0.2, 0.25) is 0 Å². The van der Waals surface area contributed by atoms with Crippen molar-refractivity contribution in [2.24, 2.45) is 0 Å². The number of amides is 1. The predicted octanol–water partition coefficient (Wildman–Crippen LogP) is 8.14. The fourth-order valence-electron chi connectivity index (χ4n) is 4.96. The van der Waals surface area contributed by atoms with Crippen LogP contribution in [-0.2, 0) is 4.79 Å². The van der Waals surface area contributed by atoms with Crippen molar-refractivity contribution in [2.45, 2.75) is 186 Å². The van der Waals surface area contributed by atoms with Crippen molar-refractivity contribution >= 4 is 5.91 Å². The Hall–Kier alpha value is -0.910. The van der Waals surface area contributed by atoms with Gasteiger partial charge in [0.05, 0.1) is 24.9 Å². The molecule has 0 bridgehead atoms. The predicted molar refractivity (Wildman–Crippen MR) is 162 cm³/mol. The second-order valence-corrected chi connectivity index (χ2v) is 11.4. The van der Waals surface area contributed by atoms with E-state index < -0.39 is 18.2 Å². The quantitative estimate of drug-likeness (QED) is 0.0570. The highest BCUT2D eigenvalue weighted by atomic mass is 16.3. The highest BCUT2D eigenvalue weighted by Crippen LogP contribution is 2.14. The Labute approximate surface area is 236 Å². The molecule has 0 aliphatic heterocycles. The molecule has 1 amide bonds. The van der Waals surface area contributed by atoms with Crippen LogP contribution in [0.25, 0.3) is 0 Å². The third kappa shape index (κ3) is 25.4. The van der Waals surface area contributed by atoms with Gasteiger partial charge in [-0.25, -0.2) is 0 Å². The first kappa shape index (κ1) is 37.1. The van der Waals surface area contributed by atoms with Gasteiger partial charge in [0.15, 0.2) is 0 Å². The Bertz CT molecular complexity index is 525. The second kappa shape index (κ2) is 29.1. The Morgan fingerprint density at radius 2 is 1.00 bits per heavy atom. The van der Waals surface area contributed by atoms with Crippen LogP contribution in [0, 0.1) is 0 Å². The molecule has 226 valence electrons. The Morgan fingerprint density at radius 3 is 1.42 bits per heavy atom. The molecule has 3 atom stereocenters. The lowest BCUT2D eigenvalue weighted by molar-refractivity contribution is -0.123. The topological polar surface area (TPSA) is 89.8 Å². The summed E-state index contributed by atoms with van der Waals surface area (Å²) >= 11 is 0. The van der Waals surface area contributed by atoms with Crippen molar-refractivity contribution in [1.29, 1.82) is 0 Å². The van der Waals surface area contributed by atoms with Crippen LogP contribution in [-0.4, -0.2) is 46.1 Å². The molecular formula is C33H65NO4. The standard InChI is InChI=1S/C33H65NO4/c1-3-5-7-9-11-13-15-16-18-20-22-24-26-33(38)34-31(29-35)32(37)28-27-30(36)25-23-21-19-17-14-12-10-8-6-4-2/h27-28,30-32,35-37H,3-26,29H2,1-2H3,(H,34,38)/b28-27+/t30-,31+,32-/m1/s1. The number of carbonyl (C=O) groups is 1. The summed E-state index contributed by atoms with van der Waals surface area (Å²) in [5, 5.41) is 32.9. The summed E-state index contributed by atoms with van der Waals surface area (Å²) in [5.74, 6) is -0.130. The average Bonchev–Trinajstić information content (AvgIpc) is 2.92. The van der Waals surface area contributed by atoms with Crippen LogP contribution in [0.15, 0.2) is 12.2 Å². The maximum Gasteiger partial charge on any atom is 0.220 e. The summed E-state index contributed by atoms with van der Waals surface area (Å²) in [7, 11) is 0. The fourth-order valence-corrected chi connectivity index (χ4v) is 4.96. The summed E-state index contributed by atoms with van der Waals surface area (Å²) in [6, 6.07) is -0.736. The number of aliphatic hydroxyl groups excluding tert-OH is 3. The van der Waals surface area contributed by atoms with Crippen LogP contribution in [0.1, 0.15) is 168 Å². The minimum absolute atomic E-state index is 0.130. The number of hydrogen-bond acceptors (Lipinski definition) is 4. The van der Waals surface area contributed by atoms with Crippen molar-refractivity contribution in [1.82, 2.24) is 5.32 Å². The second-order valence-electron chi connectivity index (χ2n) is 11.4. The minimum Gasteiger partial charge on any atom is -0.394 e. The molecule has 4 N–H and O–H groups in total. The van der Waals surface area contributed by atoms with Crippen LogP contribution in [0.3, 0.4) is 0 Å². The molecule has 0 aliphatic rings. The van der Waals surface area contributed by atoms with E-state index in [2.05, 4.69) is 19.2 Å². The van der Waals surface area contributed by atoms with E-state index in [-0.39, 0.29) is 12.5 Å². The van der Waals surface area contributed by atoms with E-state index in [1.807, 2.05) is 0 Å². The zero-order valence-corrected chi connectivity index (χ0v) is 25.3. The van der Waals surface area contributed by atoms with Crippen molar-refractivity contribution in [3.63, 3.8) is 0 Å². The molecule has 0 aromatic carbocycles. The lowest BCUT2D eigenvalue weighted by atomic mass is 10.0. The maximum atomic E-state index is 12.2. The number of nitrogens with one attached hydrogen (secondary N) is 1. The molecule has 0 aliphatic carbocycles. The van der Waals surface area contributed by atoms with E-state index in [0.29, 0.717) is 12.8 Å². The number of rotatable bonds is 29. The molecule has 0 aromatic rings. The highest BCUT2D eigenvalue weighted by molar-refractivity contribution is 5.76. The molecule has 0 spiro atoms. The SMILES string of the molecule is CCCCCCCCCCCCCCC(=O)N[C@@H](CO)[C@H](O)/C=C/[C@H](O)CCCCCCCCCCCC. The van der Waals surface area contributed by atoms with E-state index in [0.717, 1.165) is 32.1 Å². The Kier molecular flexibility index (Phi) is 28.4. The first-order valence-corrected chi connectivity index (χ1v) is 16.5. The maximum absolute atomic E-state index is 12.2. The van der Waals surface area contributed by atoms with Gasteiger partial charge in [-0.3, -0.25) is 4.79 Å². The van der Waals surface area contributed by atoms with E-state index in [4.69, 9.17) is 0 Å². The number of hydrogen-bond donors (Lipinski definition) is 4. The Balaban J connectivity index is 3.79. The largest absolute Gasteiger partial charge is 0.394 e. The van der Waals surface area contributed by atoms with E-state index >= 15 is 0 Å². The van der Waals surface area contributed by atoms with Crippen LogP contribution < -0.4 is 5.32 Å². The van der Waals surface area contributed by atoms with Crippen molar-refractivity contribution in [3.05, 3.63) is 12.2 Å². The fraction of sp³-hybridized carbons (Fsp3) is 0.909. The van der Waals surface area contributed by atoms with Crippen LogP contribution >= 0.6 is 0 Å². The van der Waals surface area contributed by atoms with Crippen molar-refractivity contribution < 1.29 is 20.1 Å². The summed E-state index contributed by atoms with van der Waals surface area (Å²) in [4.78, 5) is 12.2. The molecule has 0 unspecified atom stereocenters. The molecule has 0 saturated heterocycles. The first-order chi connectivity index (χ1) is 18.5. The zero-order valence-electron chi connectivity index (χ0n) is 25.3. The van der Waals surface area contributed by atoms with Gasteiger partial charge in [-0.2, -0.15) is 0 Å². The van der Waals surface area contributed by atoms with Gasteiger partial charge in [-0.05, 0) is 12.8 Å². The third-order valence-corrected chi connectivity index (χ3v) is 7.60. The molecule has 0 fully saturated rings. The van der Waals surface area contributed by atoms with Crippen LogP contribution in [0.5, 0.6) is 0 Å². The lowest BCUT2D eigenvalue weighted by Gasteiger charge is -2.20. The molecule has 0 saturated carbocycles. The van der Waals surface area contributed by atoms with Gasteiger partial charge in [0, 0.05) is 6.42 Å². The third-order valence-electron chi connectivity index (χ3n) is 7.60. The average molecular weight is 540 g/mol. The van der Waals surface area contributed by atoms with E-state index in [1.54, 1.807) is 6.08 Å². The lowest BCUT2D eigenvalue weighted by Crippen LogP contribution is -2.45. The zero-order chi connectivity index (χ0) is 28.1. The molecule has 0 rings (SSSR count). The molecule has 38 heavy (non-hydrogen) atoms. The van der Waals surface area contributed by atoms with E-state index in [9.17, 15) is 20.1 Å². The summed E-state index contributed by atoms with van der Waals surface area (Å²) in [6.45, 7) is 4.17. The molecule has 0 aromatic heterocycles. The normalized spacial score (nSPS) is 14.1. The summed E-state index contributed by atoms with van der Waals surface area (Å²) in [6.07, 6.45) is 30.2. The number of carbonyl (C=O) groups excluding carboxylic acids is 1.